The van der Waals surface area contributed by atoms with Gasteiger partial charge in [-0.25, -0.2) is 0 Å². The number of hydrogen-bond donors (Lipinski definition) is 1. The second-order valence-electron chi connectivity index (χ2n) is 4.80. The molecule has 6 heteroatoms. The molecule has 106 valence electrons. The third-order valence-electron chi connectivity index (χ3n) is 3.41. The molecule has 0 saturated heterocycles. The van der Waals surface area contributed by atoms with Gasteiger partial charge in [0.1, 0.15) is 11.0 Å². The van der Waals surface area contributed by atoms with Crippen molar-refractivity contribution >= 4 is 45.3 Å². The maximum absolute atomic E-state index is 12.4. The van der Waals surface area contributed by atoms with Crippen LogP contribution in [0.5, 0.6) is 0 Å². The van der Waals surface area contributed by atoms with Crippen LogP contribution >= 0.6 is 11.7 Å². The van der Waals surface area contributed by atoms with Crippen LogP contribution in [0.15, 0.2) is 54.7 Å². The van der Waals surface area contributed by atoms with Crippen LogP contribution in [0.1, 0.15) is 10.4 Å². The summed E-state index contributed by atoms with van der Waals surface area (Å²) in [6.07, 6.45) is 1.73. The molecule has 2 heterocycles. The molecule has 0 unspecified atom stereocenters. The van der Waals surface area contributed by atoms with Crippen molar-refractivity contribution in [2.24, 2.45) is 0 Å². The van der Waals surface area contributed by atoms with Crippen molar-refractivity contribution in [1.82, 2.24) is 13.7 Å². The minimum Gasteiger partial charge on any atom is -0.321 e. The van der Waals surface area contributed by atoms with Gasteiger partial charge in [-0.05, 0) is 42.5 Å². The largest absolute Gasteiger partial charge is 0.321 e. The van der Waals surface area contributed by atoms with Gasteiger partial charge in [-0.2, -0.15) is 8.75 Å². The summed E-state index contributed by atoms with van der Waals surface area (Å²) in [6.45, 7) is 0. The van der Waals surface area contributed by atoms with Gasteiger partial charge in [-0.3, -0.25) is 9.78 Å². The Morgan fingerprint density at radius 3 is 2.82 bits per heavy atom. The lowest BCUT2D eigenvalue weighted by Crippen LogP contribution is -2.12. The van der Waals surface area contributed by atoms with Crippen molar-refractivity contribution in [2.45, 2.75) is 0 Å². The highest BCUT2D eigenvalue weighted by atomic mass is 32.1. The summed E-state index contributed by atoms with van der Waals surface area (Å²) in [6, 6.07) is 14.7. The molecule has 0 aliphatic carbocycles. The van der Waals surface area contributed by atoms with Crippen LogP contribution in [0.3, 0.4) is 0 Å². The standard InChI is InChI=1S/C16H10N4OS/c21-16(10-6-7-14-15(9-10)20-22-19-14)18-13-5-1-4-12-11(13)3-2-8-17-12/h1-9H,(H,18,21). The van der Waals surface area contributed by atoms with E-state index in [1.54, 1.807) is 24.4 Å². The predicted molar refractivity (Wildman–Crippen MR) is 87.1 cm³/mol. The van der Waals surface area contributed by atoms with Crippen LogP contribution in [-0.4, -0.2) is 19.6 Å². The molecule has 2 aromatic heterocycles. The van der Waals surface area contributed by atoms with Gasteiger partial charge in [0.05, 0.1) is 22.9 Å². The highest BCUT2D eigenvalue weighted by molar-refractivity contribution is 7.00. The molecule has 1 N–H and O–H groups in total. The Labute approximate surface area is 130 Å². The number of carbonyl (C=O) groups excluding carboxylic acids is 1. The molecule has 1 amide bonds. The number of aromatic nitrogens is 3. The van der Waals surface area contributed by atoms with Crippen LogP contribution in [0.25, 0.3) is 21.9 Å². The molecule has 4 rings (SSSR count). The van der Waals surface area contributed by atoms with Crippen LogP contribution in [0.4, 0.5) is 5.69 Å². The smallest absolute Gasteiger partial charge is 0.255 e. The van der Waals surface area contributed by atoms with Crippen LogP contribution in [0, 0.1) is 0 Å². The molecule has 2 aromatic carbocycles. The number of rotatable bonds is 2. The average molecular weight is 306 g/mol. The Morgan fingerprint density at radius 2 is 1.86 bits per heavy atom. The lowest BCUT2D eigenvalue weighted by atomic mass is 10.1. The summed E-state index contributed by atoms with van der Waals surface area (Å²) in [7, 11) is 0. The Balaban J connectivity index is 1.71. The van der Waals surface area contributed by atoms with E-state index in [9.17, 15) is 4.79 Å². The van der Waals surface area contributed by atoms with E-state index >= 15 is 0 Å². The molecule has 4 aromatic rings. The number of hydrogen-bond acceptors (Lipinski definition) is 5. The molecule has 0 spiro atoms. The Bertz CT molecular complexity index is 990. The van der Waals surface area contributed by atoms with Crippen molar-refractivity contribution in [3.8, 4) is 0 Å². The molecule has 0 fully saturated rings. The highest BCUT2D eigenvalue weighted by Crippen LogP contribution is 2.22. The zero-order valence-corrected chi connectivity index (χ0v) is 12.2. The van der Waals surface area contributed by atoms with Gasteiger partial charge < -0.3 is 5.32 Å². The molecular formula is C16H10N4OS. The monoisotopic (exact) mass is 306 g/mol. The lowest BCUT2D eigenvalue weighted by Gasteiger charge is -2.08. The second kappa shape index (κ2) is 5.16. The SMILES string of the molecule is O=C(Nc1cccc2ncccc12)c1ccc2nsnc2c1. The molecule has 0 bridgehead atoms. The molecule has 0 saturated carbocycles. The Morgan fingerprint density at radius 1 is 0.955 bits per heavy atom. The van der Waals surface area contributed by atoms with Gasteiger partial charge >= 0.3 is 0 Å². The van der Waals surface area contributed by atoms with E-state index < -0.39 is 0 Å². The summed E-state index contributed by atoms with van der Waals surface area (Å²) in [5.41, 5.74) is 3.68. The Hall–Kier alpha value is -2.86. The predicted octanol–water partition coefficient (Wildman–Crippen LogP) is 3.49. The number of nitrogens with zero attached hydrogens (tertiary/aromatic N) is 3. The number of benzene rings is 2. The van der Waals surface area contributed by atoms with Crippen molar-refractivity contribution < 1.29 is 4.79 Å². The zero-order chi connectivity index (χ0) is 14.9. The summed E-state index contributed by atoms with van der Waals surface area (Å²) < 4.78 is 8.29. The van der Waals surface area contributed by atoms with Crippen molar-refractivity contribution in [3.05, 3.63) is 60.3 Å². The first kappa shape index (κ1) is 12.8. The number of carbonyl (C=O) groups is 1. The minimum atomic E-state index is -0.175. The quantitative estimate of drug-likeness (QED) is 0.615. The molecular weight excluding hydrogens is 296 g/mol. The van der Waals surface area contributed by atoms with Gasteiger partial charge in [0, 0.05) is 17.1 Å². The van der Waals surface area contributed by atoms with Gasteiger partial charge in [0.2, 0.25) is 0 Å². The van der Waals surface area contributed by atoms with E-state index in [-0.39, 0.29) is 5.91 Å². The fraction of sp³-hybridized carbons (Fsp3) is 0. The summed E-state index contributed by atoms with van der Waals surface area (Å²) in [5.74, 6) is -0.175. The van der Waals surface area contributed by atoms with Crippen molar-refractivity contribution in [2.75, 3.05) is 5.32 Å². The topological polar surface area (TPSA) is 67.8 Å². The minimum absolute atomic E-state index is 0.175. The Kier molecular flexibility index (Phi) is 3.01. The van der Waals surface area contributed by atoms with E-state index in [1.807, 2.05) is 30.3 Å². The van der Waals surface area contributed by atoms with Gasteiger partial charge in [0.25, 0.3) is 5.91 Å². The normalized spacial score (nSPS) is 10.9. The first-order valence-electron chi connectivity index (χ1n) is 6.69. The van der Waals surface area contributed by atoms with E-state index in [0.717, 1.165) is 39.4 Å². The fourth-order valence-corrected chi connectivity index (χ4v) is 2.85. The number of amides is 1. The van der Waals surface area contributed by atoms with Crippen LogP contribution in [0.2, 0.25) is 0 Å². The lowest BCUT2D eigenvalue weighted by molar-refractivity contribution is 0.102. The summed E-state index contributed by atoms with van der Waals surface area (Å²) in [4.78, 5) is 16.7. The molecule has 22 heavy (non-hydrogen) atoms. The highest BCUT2D eigenvalue weighted by Gasteiger charge is 2.10. The molecule has 0 aliphatic rings. The second-order valence-corrected chi connectivity index (χ2v) is 5.33. The first-order chi connectivity index (χ1) is 10.8. The summed E-state index contributed by atoms with van der Waals surface area (Å²) in [5, 5.41) is 3.85. The first-order valence-corrected chi connectivity index (χ1v) is 7.42. The van der Waals surface area contributed by atoms with Crippen LogP contribution in [-0.2, 0) is 0 Å². The number of pyridine rings is 1. The van der Waals surface area contributed by atoms with E-state index in [4.69, 9.17) is 0 Å². The summed E-state index contributed by atoms with van der Waals surface area (Å²) >= 11 is 1.14. The fourth-order valence-electron chi connectivity index (χ4n) is 2.33. The van der Waals surface area contributed by atoms with Gasteiger partial charge in [-0.15, -0.1) is 0 Å². The molecule has 0 atom stereocenters. The van der Waals surface area contributed by atoms with E-state index in [0.29, 0.717) is 5.56 Å². The molecule has 5 nitrogen and oxygen atoms in total. The number of anilines is 1. The maximum atomic E-state index is 12.4. The number of nitrogens with one attached hydrogen (secondary N) is 1. The zero-order valence-electron chi connectivity index (χ0n) is 11.4. The van der Waals surface area contributed by atoms with Crippen molar-refractivity contribution in [3.63, 3.8) is 0 Å². The van der Waals surface area contributed by atoms with Gasteiger partial charge in [0.15, 0.2) is 0 Å². The van der Waals surface area contributed by atoms with E-state index in [2.05, 4.69) is 19.0 Å². The average Bonchev–Trinajstić information content (AvgIpc) is 3.02. The van der Waals surface area contributed by atoms with Crippen molar-refractivity contribution in [1.29, 1.82) is 0 Å². The molecule has 0 radical (unpaired) electrons. The molecule has 0 aliphatic heterocycles. The van der Waals surface area contributed by atoms with Crippen LogP contribution < -0.4 is 5.32 Å². The third kappa shape index (κ3) is 2.19. The van der Waals surface area contributed by atoms with Gasteiger partial charge in [-0.1, -0.05) is 6.07 Å². The maximum Gasteiger partial charge on any atom is 0.255 e. The number of fused-ring (bicyclic) bond motifs is 2. The third-order valence-corrected chi connectivity index (χ3v) is 3.97. The van der Waals surface area contributed by atoms with E-state index in [1.165, 1.54) is 0 Å².